The molecule has 0 radical (unpaired) electrons. The van der Waals surface area contributed by atoms with E-state index in [9.17, 15) is 9.59 Å². The van der Waals surface area contributed by atoms with Gasteiger partial charge in [0, 0.05) is 32.4 Å². The van der Waals surface area contributed by atoms with Crippen LogP contribution in [0.5, 0.6) is 0 Å². The number of nitrogens with one attached hydrogen (secondary N) is 2. The third kappa shape index (κ3) is 6.44. The molecule has 214 valence electrons. The number of carbonyl (C=O) groups is 2. The molecule has 1 aliphatic heterocycles. The second-order valence-electron chi connectivity index (χ2n) is 10.0. The molecule has 2 N–H and O–H groups in total. The average Bonchev–Trinajstić information content (AvgIpc) is 3.42. The summed E-state index contributed by atoms with van der Waals surface area (Å²) in [6.07, 6.45) is 1.46. The van der Waals surface area contributed by atoms with Gasteiger partial charge in [0.05, 0.1) is 41.6 Å². The Kier molecular flexibility index (Phi) is 9.08. The largest absolute Gasteiger partial charge is 0.450 e. The summed E-state index contributed by atoms with van der Waals surface area (Å²) < 4.78 is 8.69. The first kappa shape index (κ1) is 29.1. The lowest BCUT2D eigenvalue weighted by atomic mass is 10.1. The van der Waals surface area contributed by atoms with E-state index >= 15 is 0 Å². The Morgan fingerprint density at radius 3 is 2.35 bits per heavy atom. The zero-order chi connectivity index (χ0) is 29.0. The van der Waals surface area contributed by atoms with Crippen LogP contribution in [-0.4, -0.2) is 79.3 Å². The highest BCUT2D eigenvalue weighted by Gasteiger charge is 2.29. The number of aryl methyl sites for hydroxylation is 3. The van der Waals surface area contributed by atoms with Gasteiger partial charge in [0.1, 0.15) is 6.04 Å². The van der Waals surface area contributed by atoms with Crippen molar-refractivity contribution in [1.82, 2.24) is 29.4 Å². The van der Waals surface area contributed by atoms with Crippen molar-refractivity contribution in [2.24, 2.45) is 0 Å². The Hall–Kier alpha value is -3.93. The minimum Gasteiger partial charge on any atom is -0.450 e. The van der Waals surface area contributed by atoms with Gasteiger partial charge in [-0.05, 0) is 64.9 Å². The number of rotatable bonds is 7. The molecule has 0 aliphatic carbocycles. The van der Waals surface area contributed by atoms with Crippen LogP contribution in [0.15, 0.2) is 30.5 Å². The fourth-order valence-electron chi connectivity index (χ4n) is 4.75. The van der Waals surface area contributed by atoms with Crippen LogP contribution in [0.1, 0.15) is 48.1 Å². The van der Waals surface area contributed by atoms with E-state index in [0.717, 1.165) is 22.8 Å². The smallest absolute Gasteiger partial charge is 0.409 e. The number of piperazine rings is 1. The molecule has 3 aromatic rings. The Bertz CT molecular complexity index is 1390. The lowest BCUT2D eigenvalue weighted by Gasteiger charge is -2.35. The number of thiocarbonyl (C=S) groups is 1. The van der Waals surface area contributed by atoms with Crippen LogP contribution in [-0.2, 0) is 16.1 Å². The highest BCUT2D eigenvalue weighted by Crippen LogP contribution is 2.23. The number of nitrogens with zero attached hydrogens (tertiary/aromatic N) is 6. The molecule has 0 saturated carbocycles. The van der Waals surface area contributed by atoms with E-state index in [1.807, 2.05) is 44.5 Å². The van der Waals surface area contributed by atoms with E-state index in [0.29, 0.717) is 50.1 Å². The molecular weight excluding hydrogens is 528 g/mol. The maximum absolute atomic E-state index is 13.2. The van der Waals surface area contributed by atoms with Gasteiger partial charge in [-0.1, -0.05) is 24.3 Å². The van der Waals surface area contributed by atoms with Gasteiger partial charge in [-0.25, -0.2) is 4.79 Å². The number of aromatic nitrogens is 4. The Morgan fingerprint density at radius 2 is 1.68 bits per heavy atom. The molecule has 1 saturated heterocycles. The Balaban J connectivity index is 1.37. The second kappa shape index (κ2) is 12.5. The lowest BCUT2D eigenvalue weighted by molar-refractivity contribution is -0.136. The molecule has 11 nitrogen and oxygen atoms in total. The molecular formula is C28H38N8O3S. The predicted molar refractivity (Wildman–Crippen MR) is 159 cm³/mol. The van der Waals surface area contributed by atoms with Crippen LogP contribution >= 0.6 is 12.2 Å². The van der Waals surface area contributed by atoms with Gasteiger partial charge < -0.3 is 25.2 Å². The molecule has 4 rings (SSSR count). The highest BCUT2D eigenvalue weighted by molar-refractivity contribution is 7.80. The van der Waals surface area contributed by atoms with Crippen LogP contribution in [0.4, 0.5) is 16.2 Å². The molecule has 0 bridgehead atoms. The van der Waals surface area contributed by atoms with Crippen molar-refractivity contribution in [1.29, 1.82) is 0 Å². The Morgan fingerprint density at radius 1 is 1.00 bits per heavy atom. The van der Waals surface area contributed by atoms with Crippen molar-refractivity contribution in [2.45, 2.75) is 54.1 Å². The first-order valence-electron chi connectivity index (χ1n) is 13.5. The maximum atomic E-state index is 13.2. The molecule has 1 atom stereocenters. The van der Waals surface area contributed by atoms with E-state index < -0.39 is 6.04 Å². The van der Waals surface area contributed by atoms with Crippen molar-refractivity contribution in [2.75, 3.05) is 43.4 Å². The SMILES string of the molecule is CCOC(=O)N1CCN(C(=O)C(C)n2cc(NC(=S)Nc3c(C)nn(Cc4ccccc4C)c3C)c(C)n2)CC1. The lowest BCUT2D eigenvalue weighted by Crippen LogP contribution is -2.52. The van der Waals surface area contributed by atoms with Crippen LogP contribution in [0.3, 0.4) is 0 Å². The normalized spacial score (nSPS) is 14.2. The fraction of sp³-hybridized carbons (Fsp3) is 0.464. The standard InChI is InChI=1S/C28H38N8O3S/c1-7-39-28(38)34-14-12-33(13-15-34)26(37)22(6)36-17-24(19(3)31-36)29-27(40)30-25-20(4)32-35(21(25)5)16-23-11-9-8-10-18(23)2/h8-11,17,22H,7,12-16H2,1-6H3,(H2,29,30,40). The van der Waals surface area contributed by atoms with Crippen molar-refractivity contribution >= 4 is 40.7 Å². The summed E-state index contributed by atoms with van der Waals surface area (Å²) in [6.45, 7) is 14.4. The summed E-state index contributed by atoms with van der Waals surface area (Å²) in [5.74, 6) is -0.0504. The van der Waals surface area contributed by atoms with Crippen molar-refractivity contribution in [3.63, 3.8) is 0 Å². The van der Waals surface area contributed by atoms with Crippen LogP contribution < -0.4 is 10.6 Å². The van der Waals surface area contributed by atoms with Gasteiger partial charge in [0.25, 0.3) is 0 Å². The van der Waals surface area contributed by atoms with Gasteiger partial charge in [-0.15, -0.1) is 0 Å². The summed E-state index contributed by atoms with van der Waals surface area (Å²) in [4.78, 5) is 28.5. The monoisotopic (exact) mass is 566 g/mol. The molecule has 2 amide bonds. The number of amides is 2. The van der Waals surface area contributed by atoms with Gasteiger partial charge in [-0.2, -0.15) is 10.2 Å². The summed E-state index contributed by atoms with van der Waals surface area (Å²) in [6, 6.07) is 7.78. The summed E-state index contributed by atoms with van der Waals surface area (Å²) in [7, 11) is 0. The summed E-state index contributed by atoms with van der Waals surface area (Å²) in [5, 5.41) is 16.2. The number of hydrogen-bond donors (Lipinski definition) is 2. The molecule has 1 fully saturated rings. The van der Waals surface area contributed by atoms with Crippen LogP contribution in [0.2, 0.25) is 0 Å². The molecule has 40 heavy (non-hydrogen) atoms. The van der Waals surface area contributed by atoms with Crippen molar-refractivity contribution in [3.05, 3.63) is 58.7 Å². The maximum Gasteiger partial charge on any atom is 0.409 e. The third-order valence-electron chi connectivity index (χ3n) is 7.24. The summed E-state index contributed by atoms with van der Waals surface area (Å²) in [5.41, 5.74) is 6.58. The zero-order valence-electron chi connectivity index (χ0n) is 24.0. The minimum atomic E-state index is -0.505. The first-order valence-corrected chi connectivity index (χ1v) is 13.9. The summed E-state index contributed by atoms with van der Waals surface area (Å²) >= 11 is 5.62. The zero-order valence-corrected chi connectivity index (χ0v) is 24.8. The number of ether oxygens (including phenoxy) is 1. The van der Waals surface area contributed by atoms with Gasteiger partial charge >= 0.3 is 6.09 Å². The Labute approximate surface area is 240 Å². The van der Waals surface area contributed by atoms with Gasteiger partial charge in [-0.3, -0.25) is 14.2 Å². The molecule has 1 unspecified atom stereocenters. The molecule has 1 aromatic carbocycles. The number of hydrogen-bond acceptors (Lipinski definition) is 6. The second-order valence-corrected chi connectivity index (χ2v) is 10.4. The number of anilines is 2. The topological polar surface area (TPSA) is 110 Å². The molecule has 3 heterocycles. The first-order chi connectivity index (χ1) is 19.1. The molecule has 1 aliphatic rings. The van der Waals surface area contributed by atoms with Gasteiger partial charge in [0.2, 0.25) is 5.91 Å². The van der Waals surface area contributed by atoms with E-state index in [1.165, 1.54) is 11.1 Å². The van der Waals surface area contributed by atoms with E-state index in [4.69, 9.17) is 22.1 Å². The van der Waals surface area contributed by atoms with E-state index in [1.54, 1.807) is 27.6 Å². The highest BCUT2D eigenvalue weighted by atomic mass is 32.1. The van der Waals surface area contributed by atoms with Crippen LogP contribution in [0.25, 0.3) is 0 Å². The fourth-order valence-corrected chi connectivity index (χ4v) is 4.96. The average molecular weight is 567 g/mol. The third-order valence-corrected chi connectivity index (χ3v) is 7.44. The van der Waals surface area contributed by atoms with Gasteiger partial charge in [0.15, 0.2) is 5.11 Å². The molecule has 12 heteroatoms. The van der Waals surface area contributed by atoms with E-state index in [2.05, 4.69) is 34.8 Å². The number of benzene rings is 1. The van der Waals surface area contributed by atoms with Crippen molar-refractivity contribution < 1.29 is 14.3 Å². The molecule has 2 aromatic heterocycles. The van der Waals surface area contributed by atoms with Crippen molar-refractivity contribution in [3.8, 4) is 0 Å². The van der Waals surface area contributed by atoms with Crippen LogP contribution in [0, 0.1) is 27.7 Å². The minimum absolute atomic E-state index is 0.0504. The predicted octanol–water partition coefficient (Wildman–Crippen LogP) is 4.03. The molecule has 0 spiro atoms. The number of carbonyl (C=O) groups excluding carboxylic acids is 2. The van der Waals surface area contributed by atoms with E-state index in [-0.39, 0.29) is 12.0 Å². The quantitative estimate of drug-likeness (QED) is 0.413.